The van der Waals surface area contributed by atoms with Crippen LogP contribution in [-0.4, -0.2) is 67.1 Å². The average Bonchev–Trinajstić information content (AvgIpc) is 3.38. The van der Waals surface area contributed by atoms with Gasteiger partial charge in [-0.2, -0.15) is 0 Å². The Balaban J connectivity index is 1.33. The maximum Gasteiger partial charge on any atom is 0.168 e. The van der Waals surface area contributed by atoms with Crippen LogP contribution in [0, 0.1) is 0 Å². The molecule has 0 aliphatic carbocycles. The van der Waals surface area contributed by atoms with Crippen LogP contribution in [0.3, 0.4) is 0 Å². The molecule has 2 aliphatic heterocycles. The van der Waals surface area contributed by atoms with E-state index in [1.54, 1.807) is 12.4 Å². The van der Waals surface area contributed by atoms with Crippen LogP contribution in [0.15, 0.2) is 29.0 Å². The molecule has 0 aromatic carbocycles. The lowest BCUT2D eigenvalue weighted by Crippen LogP contribution is -2.37. The molecular formula is C19H26N4O3. The summed E-state index contributed by atoms with van der Waals surface area (Å²) in [6.45, 7) is 6.35. The van der Waals surface area contributed by atoms with Gasteiger partial charge in [0, 0.05) is 49.9 Å². The fourth-order valence-electron chi connectivity index (χ4n) is 3.39. The highest BCUT2D eigenvalue weighted by Crippen LogP contribution is 2.24. The van der Waals surface area contributed by atoms with Crippen molar-refractivity contribution >= 4 is 0 Å². The van der Waals surface area contributed by atoms with Crippen molar-refractivity contribution in [2.75, 3.05) is 46.0 Å². The minimum Gasteiger partial charge on any atom is -0.490 e. The number of morpholine rings is 1. The van der Waals surface area contributed by atoms with E-state index in [4.69, 9.17) is 14.0 Å². The Bertz CT molecular complexity index is 694. The quantitative estimate of drug-likeness (QED) is 0.808. The van der Waals surface area contributed by atoms with Gasteiger partial charge in [-0.15, -0.1) is 0 Å². The van der Waals surface area contributed by atoms with Gasteiger partial charge in [-0.05, 0) is 25.5 Å². The second-order valence-corrected chi connectivity index (χ2v) is 6.90. The van der Waals surface area contributed by atoms with Crippen LogP contribution < -0.4 is 10.1 Å². The van der Waals surface area contributed by atoms with E-state index in [1.807, 2.05) is 12.1 Å². The lowest BCUT2D eigenvalue weighted by Gasteiger charge is -2.25. The summed E-state index contributed by atoms with van der Waals surface area (Å²) in [5, 5.41) is 7.64. The van der Waals surface area contributed by atoms with E-state index in [2.05, 4.69) is 20.4 Å². The molecule has 0 saturated carbocycles. The fourth-order valence-corrected chi connectivity index (χ4v) is 3.39. The first kappa shape index (κ1) is 17.5. The molecule has 1 N–H and O–H groups in total. The molecule has 4 rings (SSSR count). The number of pyridine rings is 1. The number of hydrogen-bond acceptors (Lipinski definition) is 7. The van der Waals surface area contributed by atoms with Crippen molar-refractivity contribution in [1.29, 1.82) is 0 Å². The first-order valence-electron chi connectivity index (χ1n) is 9.44. The minimum absolute atomic E-state index is 0.440. The van der Waals surface area contributed by atoms with Gasteiger partial charge in [0.2, 0.25) is 0 Å². The molecule has 2 saturated heterocycles. The second kappa shape index (κ2) is 8.62. The van der Waals surface area contributed by atoms with Crippen LogP contribution in [0.5, 0.6) is 5.75 Å². The number of aromatic nitrogens is 2. The van der Waals surface area contributed by atoms with Crippen molar-refractivity contribution in [3.8, 4) is 17.1 Å². The zero-order valence-electron chi connectivity index (χ0n) is 15.0. The number of ether oxygens (including phenoxy) is 2. The normalized spacial score (nSPS) is 21.2. The fraction of sp³-hybridized carbons (Fsp3) is 0.579. The molecule has 2 aliphatic rings. The third-order valence-electron chi connectivity index (χ3n) is 4.96. The minimum atomic E-state index is 0.440. The van der Waals surface area contributed by atoms with Gasteiger partial charge in [0.1, 0.15) is 12.4 Å². The predicted octanol–water partition coefficient (Wildman–Crippen LogP) is 1.74. The summed E-state index contributed by atoms with van der Waals surface area (Å²) in [7, 11) is 0. The average molecular weight is 358 g/mol. The smallest absolute Gasteiger partial charge is 0.168 e. The molecular weight excluding hydrogens is 332 g/mol. The molecule has 0 radical (unpaired) electrons. The van der Waals surface area contributed by atoms with Gasteiger partial charge in [0.25, 0.3) is 0 Å². The van der Waals surface area contributed by atoms with Crippen molar-refractivity contribution in [3.05, 3.63) is 30.2 Å². The zero-order chi connectivity index (χ0) is 17.6. The van der Waals surface area contributed by atoms with Crippen molar-refractivity contribution in [2.24, 2.45) is 0 Å². The van der Waals surface area contributed by atoms with Crippen LogP contribution in [0.1, 0.15) is 18.5 Å². The van der Waals surface area contributed by atoms with E-state index in [1.165, 1.54) is 12.8 Å². The molecule has 7 nitrogen and oxygen atoms in total. The third kappa shape index (κ3) is 4.60. The molecule has 0 unspecified atom stereocenters. The monoisotopic (exact) mass is 358 g/mol. The van der Waals surface area contributed by atoms with E-state index in [0.29, 0.717) is 12.6 Å². The Hall–Kier alpha value is -1.96. The molecule has 0 spiro atoms. The highest BCUT2D eigenvalue weighted by atomic mass is 16.5. The van der Waals surface area contributed by atoms with Crippen LogP contribution >= 0.6 is 0 Å². The first-order chi connectivity index (χ1) is 12.9. The van der Waals surface area contributed by atoms with Gasteiger partial charge >= 0.3 is 0 Å². The van der Waals surface area contributed by atoms with Crippen LogP contribution in [0.4, 0.5) is 0 Å². The predicted molar refractivity (Wildman–Crippen MR) is 97.2 cm³/mol. The van der Waals surface area contributed by atoms with Crippen molar-refractivity contribution in [1.82, 2.24) is 20.4 Å². The molecule has 0 amide bonds. The molecule has 0 bridgehead atoms. The molecule has 7 heteroatoms. The van der Waals surface area contributed by atoms with E-state index in [-0.39, 0.29) is 0 Å². The number of hydrogen-bond donors (Lipinski definition) is 1. The van der Waals surface area contributed by atoms with Crippen LogP contribution in [0.25, 0.3) is 11.3 Å². The molecule has 2 aromatic rings. The summed E-state index contributed by atoms with van der Waals surface area (Å²) in [4.78, 5) is 6.67. The standard InChI is InChI=1S/C19H26N4O3/c1-2-17(21-4-1)14-25-18-10-15(12-20-13-18)19-11-16(22-26-19)3-5-23-6-8-24-9-7-23/h10-13,17,21H,1-9,14H2/t17-/m0/s1. The van der Waals surface area contributed by atoms with Crippen molar-refractivity contribution in [2.45, 2.75) is 25.3 Å². The van der Waals surface area contributed by atoms with Gasteiger partial charge in [-0.1, -0.05) is 5.16 Å². The maximum atomic E-state index is 5.88. The summed E-state index contributed by atoms with van der Waals surface area (Å²) >= 11 is 0. The second-order valence-electron chi connectivity index (χ2n) is 6.90. The van der Waals surface area contributed by atoms with Gasteiger partial charge in [0.15, 0.2) is 5.76 Å². The summed E-state index contributed by atoms with van der Waals surface area (Å²) in [6, 6.07) is 4.41. The Labute approximate surface area is 153 Å². The molecule has 140 valence electrons. The highest BCUT2D eigenvalue weighted by molar-refractivity contribution is 5.58. The molecule has 2 fully saturated rings. The number of nitrogens with zero attached hydrogens (tertiary/aromatic N) is 3. The Morgan fingerprint density at radius 3 is 3.00 bits per heavy atom. The van der Waals surface area contributed by atoms with Crippen molar-refractivity contribution < 1.29 is 14.0 Å². The van der Waals surface area contributed by atoms with Crippen LogP contribution in [-0.2, 0) is 11.2 Å². The van der Waals surface area contributed by atoms with E-state index >= 15 is 0 Å². The topological polar surface area (TPSA) is 72.7 Å². The molecule has 1 atom stereocenters. The lowest BCUT2D eigenvalue weighted by molar-refractivity contribution is 0.0382. The Morgan fingerprint density at radius 2 is 2.15 bits per heavy atom. The Morgan fingerprint density at radius 1 is 1.23 bits per heavy atom. The Kier molecular flexibility index (Phi) is 5.78. The summed E-state index contributed by atoms with van der Waals surface area (Å²) in [5.74, 6) is 1.50. The summed E-state index contributed by atoms with van der Waals surface area (Å²) < 4.78 is 16.8. The van der Waals surface area contributed by atoms with Gasteiger partial charge in [-0.3, -0.25) is 9.88 Å². The maximum absolute atomic E-state index is 5.88. The van der Waals surface area contributed by atoms with E-state index < -0.39 is 0 Å². The van der Waals surface area contributed by atoms with Crippen LogP contribution in [0.2, 0.25) is 0 Å². The van der Waals surface area contributed by atoms with Gasteiger partial charge in [0.05, 0.1) is 25.1 Å². The highest BCUT2D eigenvalue weighted by Gasteiger charge is 2.15. The van der Waals surface area contributed by atoms with E-state index in [9.17, 15) is 0 Å². The molecule has 2 aromatic heterocycles. The summed E-state index contributed by atoms with van der Waals surface area (Å²) in [5.41, 5.74) is 1.86. The lowest BCUT2D eigenvalue weighted by atomic mass is 10.2. The van der Waals surface area contributed by atoms with Crippen molar-refractivity contribution in [3.63, 3.8) is 0 Å². The third-order valence-corrected chi connectivity index (χ3v) is 4.96. The van der Waals surface area contributed by atoms with Gasteiger partial charge < -0.3 is 19.3 Å². The molecule has 4 heterocycles. The SMILES string of the molecule is c1ncc(-c2cc(CCN3CCOCC3)no2)cc1OC[C@@H]1CCCN1. The number of rotatable bonds is 7. The van der Waals surface area contributed by atoms with Gasteiger partial charge in [-0.25, -0.2) is 0 Å². The van der Waals surface area contributed by atoms with E-state index in [0.717, 1.165) is 68.6 Å². The largest absolute Gasteiger partial charge is 0.490 e. The summed E-state index contributed by atoms with van der Waals surface area (Å²) in [6.07, 6.45) is 6.79. The number of nitrogens with one attached hydrogen (secondary N) is 1. The first-order valence-corrected chi connectivity index (χ1v) is 9.44. The zero-order valence-corrected chi connectivity index (χ0v) is 15.0. The molecule has 26 heavy (non-hydrogen) atoms.